The standard InChI is InChI=1S/C22H18ClN5O4/c23-14-10-24-21(28-20(14)26-15-2-1-3-16-19(15)31-7-6-30-16)25-12-5-4-11-8-17-18(13(11)9-12)27-22(29)32-17/h1-5,9-10,17-18H,6-8H2,(H,27,29)(H2,24,25,26,28)/t17?,18-/m0/s1. The second-order valence-corrected chi connectivity index (χ2v) is 8.06. The monoisotopic (exact) mass is 451 g/mol. The van der Waals surface area contributed by atoms with E-state index in [1.165, 1.54) is 6.20 Å². The summed E-state index contributed by atoms with van der Waals surface area (Å²) in [6.07, 6.45) is 1.70. The molecular weight excluding hydrogens is 434 g/mol. The molecule has 1 aliphatic carbocycles. The number of fused-ring (bicyclic) bond motifs is 4. The van der Waals surface area contributed by atoms with Crippen LogP contribution in [-0.2, 0) is 11.2 Å². The van der Waals surface area contributed by atoms with Gasteiger partial charge in [0.1, 0.15) is 24.3 Å². The Labute approximate surface area is 188 Å². The van der Waals surface area contributed by atoms with E-state index in [0.717, 1.165) is 16.8 Å². The molecule has 3 aliphatic rings. The van der Waals surface area contributed by atoms with Crippen molar-refractivity contribution in [3.63, 3.8) is 0 Å². The molecule has 0 bridgehead atoms. The Bertz CT molecular complexity index is 1240. The first-order valence-electron chi connectivity index (χ1n) is 10.2. The van der Waals surface area contributed by atoms with E-state index in [9.17, 15) is 4.79 Å². The molecule has 2 atom stereocenters. The van der Waals surface area contributed by atoms with Crippen molar-refractivity contribution in [1.29, 1.82) is 0 Å². The van der Waals surface area contributed by atoms with Crippen LogP contribution in [-0.4, -0.2) is 35.4 Å². The van der Waals surface area contributed by atoms with E-state index in [0.29, 0.717) is 53.6 Å². The molecular formula is C22H18ClN5O4. The van der Waals surface area contributed by atoms with Gasteiger partial charge in [0.25, 0.3) is 0 Å². The Morgan fingerprint density at radius 1 is 1.12 bits per heavy atom. The number of carbonyl (C=O) groups excluding carboxylic acids is 1. The van der Waals surface area contributed by atoms with E-state index in [4.69, 9.17) is 25.8 Å². The van der Waals surface area contributed by atoms with Crippen LogP contribution in [0, 0.1) is 0 Å². The van der Waals surface area contributed by atoms with Gasteiger partial charge in [-0.1, -0.05) is 23.7 Å². The zero-order valence-electron chi connectivity index (χ0n) is 16.7. The highest BCUT2D eigenvalue weighted by Crippen LogP contribution is 2.40. The van der Waals surface area contributed by atoms with E-state index >= 15 is 0 Å². The van der Waals surface area contributed by atoms with Crippen molar-refractivity contribution < 1.29 is 19.0 Å². The van der Waals surface area contributed by atoms with Gasteiger partial charge in [-0.05, 0) is 35.4 Å². The van der Waals surface area contributed by atoms with Crippen LogP contribution >= 0.6 is 11.6 Å². The average molecular weight is 452 g/mol. The lowest BCUT2D eigenvalue weighted by Gasteiger charge is -2.21. The van der Waals surface area contributed by atoms with Crippen LogP contribution in [0.5, 0.6) is 11.5 Å². The van der Waals surface area contributed by atoms with Crippen molar-refractivity contribution in [3.05, 3.63) is 58.7 Å². The lowest BCUT2D eigenvalue weighted by molar-refractivity contribution is 0.136. The summed E-state index contributed by atoms with van der Waals surface area (Å²) < 4.78 is 16.7. The summed E-state index contributed by atoms with van der Waals surface area (Å²) in [5.74, 6) is 2.10. The number of anilines is 4. The molecule has 2 aromatic carbocycles. The number of rotatable bonds is 4. The van der Waals surface area contributed by atoms with E-state index in [1.54, 1.807) is 0 Å². The second kappa shape index (κ2) is 7.45. The molecule has 1 saturated heterocycles. The first-order valence-corrected chi connectivity index (χ1v) is 10.6. The summed E-state index contributed by atoms with van der Waals surface area (Å²) in [4.78, 5) is 20.4. The SMILES string of the molecule is O=C1N[C@H]2c3cc(Nc4ncc(Cl)c(Nc5cccc6c5OCCO6)n4)ccc3CC2O1. The lowest BCUT2D eigenvalue weighted by Crippen LogP contribution is -2.18. The van der Waals surface area contributed by atoms with Crippen molar-refractivity contribution in [2.45, 2.75) is 18.6 Å². The fourth-order valence-corrected chi connectivity index (χ4v) is 4.34. The molecule has 1 aromatic heterocycles. The Morgan fingerprint density at radius 3 is 2.97 bits per heavy atom. The summed E-state index contributed by atoms with van der Waals surface area (Å²) in [6, 6.07) is 11.4. The van der Waals surface area contributed by atoms with Gasteiger partial charge < -0.3 is 30.2 Å². The molecule has 3 N–H and O–H groups in total. The number of alkyl carbamates (subject to hydrolysis) is 1. The lowest BCUT2D eigenvalue weighted by atomic mass is 10.1. The average Bonchev–Trinajstić information content (AvgIpc) is 3.32. The molecule has 3 heterocycles. The smallest absolute Gasteiger partial charge is 0.408 e. The molecule has 9 nitrogen and oxygen atoms in total. The van der Waals surface area contributed by atoms with Crippen molar-refractivity contribution in [2.24, 2.45) is 0 Å². The fourth-order valence-electron chi connectivity index (χ4n) is 4.21. The highest BCUT2D eigenvalue weighted by molar-refractivity contribution is 6.33. The van der Waals surface area contributed by atoms with Gasteiger partial charge >= 0.3 is 6.09 Å². The van der Waals surface area contributed by atoms with Crippen LogP contribution in [0.2, 0.25) is 5.02 Å². The van der Waals surface area contributed by atoms with E-state index in [-0.39, 0.29) is 18.2 Å². The van der Waals surface area contributed by atoms with Gasteiger partial charge in [-0.3, -0.25) is 0 Å². The van der Waals surface area contributed by atoms with Crippen molar-refractivity contribution in [3.8, 4) is 11.5 Å². The maximum absolute atomic E-state index is 11.5. The molecule has 0 saturated carbocycles. The Morgan fingerprint density at radius 2 is 2.03 bits per heavy atom. The zero-order chi connectivity index (χ0) is 21.7. The van der Waals surface area contributed by atoms with Gasteiger partial charge in [-0.2, -0.15) is 4.98 Å². The number of hydrogen-bond acceptors (Lipinski definition) is 8. The first-order chi connectivity index (χ1) is 15.6. The summed E-state index contributed by atoms with van der Waals surface area (Å²) >= 11 is 6.34. The highest BCUT2D eigenvalue weighted by atomic mass is 35.5. The molecule has 6 rings (SSSR count). The number of ether oxygens (including phenoxy) is 3. The Kier molecular flexibility index (Phi) is 4.43. The van der Waals surface area contributed by atoms with Gasteiger partial charge in [-0.15, -0.1) is 0 Å². The number of amides is 1. The number of hydrogen-bond donors (Lipinski definition) is 3. The maximum Gasteiger partial charge on any atom is 0.408 e. The number of carbonyl (C=O) groups is 1. The third kappa shape index (κ3) is 3.31. The first kappa shape index (κ1) is 19.0. The van der Waals surface area contributed by atoms with Crippen molar-refractivity contribution in [1.82, 2.24) is 15.3 Å². The molecule has 2 aliphatic heterocycles. The molecule has 1 fully saturated rings. The summed E-state index contributed by atoms with van der Waals surface area (Å²) in [5.41, 5.74) is 3.69. The normalized spacial score (nSPS) is 20.1. The Balaban J connectivity index is 1.25. The number of aromatic nitrogens is 2. The van der Waals surface area contributed by atoms with Crippen LogP contribution in [0.1, 0.15) is 17.2 Å². The molecule has 1 unspecified atom stereocenters. The second-order valence-electron chi connectivity index (χ2n) is 7.65. The summed E-state index contributed by atoms with van der Waals surface area (Å²) in [5, 5.41) is 9.65. The number of para-hydroxylation sites is 1. The van der Waals surface area contributed by atoms with Crippen LogP contribution in [0.4, 0.5) is 27.9 Å². The molecule has 3 aromatic rings. The van der Waals surface area contributed by atoms with Gasteiger partial charge in [0.15, 0.2) is 17.3 Å². The number of nitrogens with zero attached hydrogens (tertiary/aromatic N) is 2. The van der Waals surface area contributed by atoms with Gasteiger partial charge in [0.05, 0.1) is 17.9 Å². The van der Waals surface area contributed by atoms with Crippen LogP contribution in [0.3, 0.4) is 0 Å². The molecule has 0 spiro atoms. The maximum atomic E-state index is 11.5. The number of benzene rings is 2. The number of nitrogens with one attached hydrogen (secondary N) is 3. The Hall–Kier alpha value is -3.72. The van der Waals surface area contributed by atoms with Gasteiger partial charge in [0.2, 0.25) is 5.95 Å². The van der Waals surface area contributed by atoms with E-state index < -0.39 is 0 Å². The van der Waals surface area contributed by atoms with Gasteiger partial charge in [-0.25, -0.2) is 9.78 Å². The molecule has 162 valence electrons. The summed E-state index contributed by atoms with van der Waals surface area (Å²) in [7, 11) is 0. The predicted octanol–water partition coefficient (Wildman–Crippen LogP) is 4.09. The predicted molar refractivity (Wildman–Crippen MR) is 117 cm³/mol. The van der Waals surface area contributed by atoms with Crippen LogP contribution < -0.4 is 25.4 Å². The van der Waals surface area contributed by atoms with Crippen LogP contribution in [0.25, 0.3) is 0 Å². The van der Waals surface area contributed by atoms with Crippen molar-refractivity contribution in [2.75, 3.05) is 23.8 Å². The molecule has 10 heteroatoms. The highest BCUT2D eigenvalue weighted by Gasteiger charge is 2.41. The fraction of sp³-hybridized carbons (Fsp3) is 0.227. The van der Waals surface area contributed by atoms with Gasteiger partial charge in [0, 0.05) is 12.1 Å². The third-order valence-electron chi connectivity index (χ3n) is 5.63. The molecule has 0 radical (unpaired) electrons. The zero-order valence-corrected chi connectivity index (χ0v) is 17.5. The molecule has 1 amide bonds. The third-order valence-corrected chi connectivity index (χ3v) is 5.90. The minimum atomic E-state index is -0.377. The van der Waals surface area contributed by atoms with E-state index in [2.05, 4.69) is 25.9 Å². The molecule has 32 heavy (non-hydrogen) atoms. The minimum absolute atomic E-state index is 0.130. The quantitative estimate of drug-likeness (QED) is 0.544. The largest absolute Gasteiger partial charge is 0.486 e. The van der Waals surface area contributed by atoms with E-state index in [1.807, 2.05) is 36.4 Å². The topological polar surface area (TPSA) is 107 Å². The summed E-state index contributed by atoms with van der Waals surface area (Å²) in [6.45, 7) is 0.985. The minimum Gasteiger partial charge on any atom is -0.486 e. The van der Waals surface area contributed by atoms with Crippen LogP contribution in [0.15, 0.2) is 42.6 Å². The number of halogens is 1. The van der Waals surface area contributed by atoms with Crippen molar-refractivity contribution >= 4 is 40.8 Å².